The van der Waals surface area contributed by atoms with Gasteiger partial charge in [-0.3, -0.25) is 0 Å². The Morgan fingerprint density at radius 1 is 0.797 bits per heavy atom. The third kappa shape index (κ3) is 8.46. The first-order valence-electron chi connectivity index (χ1n) is 21.9. The van der Waals surface area contributed by atoms with Crippen LogP contribution >= 0.6 is 0 Å². The standard InChI is InChI=1S/C51H58BF2N3O7/c1-9-45-33(3)48-47(49-34(4)46(10-2)36(6)57(49)52(53,54)56(48)35(45)5)37-17-23-44(24-18-37)62-29-14-30-63-50(59)55-31-41(58)32-64-51(38-15-12-11-13-16-38,39-19-25-42(60-7)26-20-39)40-21-27-43(61-8)28-22-40/h11-13,15-28,41,58H,9-10,14,29-32H2,1-8H3,(H,55,59)/t41-/m0/s1. The molecule has 1 amide bonds. The summed E-state index contributed by atoms with van der Waals surface area (Å²) in [6, 6.07) is 32.5. The maximum Gasteiger partial charge on any atom is 0.737 e. The first-order chi connectivity index (χ1) is 30.8. The van der Waals surface area contributed by atoms with Gasteiger partial charge in [0.05, 0.1) is 45.7 Å². The fraction of sp³-hybridized carbons (Fsp3) is 0.333. The monoisotopic (exact) mass is 873 g/mol. The summed E-state index contributed by atoms with van der Waals surface area (Å²) in [5.74, 6) is 1.99. The van der Waals surface area contributed by atoms with Crippen molar-refractivity contribution >= 4 is 24.3 Å². The topological polar surface area (TPSA) is 103 Å². The Hall–Kier alpha value is -6.18. The van der Waals surface area contributed by atoms with Gasteiger partial charge in [0.15, 0.2) is 5.70 Å². The highest BCUT2D eigenvalue weighted by Gasteiger charge is 2.56. The van der Waals surface area contributed by atoms with Crippen molar-refractivity contribution in [3.05, 3.63) is 165 Å². The third-order valence-electron chi connectivity index (χ3n) is 12.6. The maximum absolute atomic E-state index is 16.6. The van der Waals surface area contributed by atoms with Crippen LogP contribution in [-0.2, 0) is 21.5 Å². The Kier molecular flexibility index (Phi) is 13.8. The zero-order chi connectivity index (χ0) is 45.8. The van der Waals surface area contributed by atoms with Crippen LogP contribution in [0.4, 0.5) is 13.4 Å². The number of ether oxygens (including phenoxy) is 5. The zero-order valence-corrected chi connectivity index (χ0v) is 38.0. The van der Waals surface area contributed by atoms with E-state index in [2.05, 4.69) is 5.32 Å². The van der Waals surface area contributed by atoms with E-state index >= 15 is 8.63 Å². The van der Waals surface area contributed by atoms with Crippen LogP contribution in [0.15, 0.2) is 120 Å². The molecule has 0 saturated carbocycles. The molecule has 5 aromatic rings. The number of carbonyl (C=O) groups is 1. The van der Waals surface area contributed by atoms with Gasteiger partial charge in [0, 0.05) is 36.7 Å². The molecule has 0 radical (unpaired) electrons. The van der Waals surface area contributed by atoms with Gasteiger partial charge < -0.3 is 51.7 Å². The van der Waals surface area contributed by atoms with E-state index in [1.807, 2.05) is 131 Å². The van der Waals surface area contributed by atoms with Gasteiger partial charge >= 0.3 is 13.1 Å². The van der Waals surface area contributed by atoms with Crippen molar-refractivity contribution < 1.29 is 46.7 Å². The van der Waals surface area contributed by atoms with Crippen molar-refractivity contribution in [2.75, 3.05) is 40.6 Å². The van der Waals surface area contributed by atoms with Crippen LogP contribution in [0.3, 0.4) is 0 Å². The molecule has 64 heavy (non-hydrogen) atoms. The number of nitrogens with zero attached hydrogens (tertiary/aromatic N) is 2. The summed E-state index contributed by atoms with van der Waals surface area (Å²) in [5, 5.41) is 13.8. The number of nitrogens with one attached hydrogen (secondary N) is 1. The Bertz CT molecular complexity index is 2520. The van der Waals surface area contributed by atoms with E-state index < -0.39 is 24.8 Å². The number of alkyl carbamates (subject to hydrolysis) is 1. The minimum Gasteiger partial charge on any atom is -0.497 e. The average molecular weight is 874 g/mol. The molecule has 0 aliphatic carbocycles. The van der Waals surface area contributed by atoms with Crippen LogP contribution in [0.5, 0.6) is 17.2 Å². The Morgan fingerprint density at radius 2 is 1.38 bits per heavy atom. The van der Waals surface area contributed by atoms with E-state index in [-0.39, 0.29) is 26.4 Å². The van der Waals surface area contributed by atoms with Crippen molar-refractivity contribution in [2.24, 2.45) is 0 Å². The van der Waals surface area contributed by atoms with Gasteiger partial charge in [-0.2, -0.15) is 0 Å². The van der Waals surface area contributed by atoms with Gasteiger partial charge in [0.25, 0.3) is 0 Å². The molecule has 1 atom stereocenters. The number of benzene rings is 4. The summed E-state index contributed by atoms with van der Waals surface area (Å²) in [5.41, 5.74) is 8.97. The smallest absolute Gasteiger partial charge is 0.497 e. The van der Waals surface area contributed by atoms with E-state index in [0.29, 0.717) is 59.3 Å². The normalized spacial score (nSPS) is 14.9. The quantitative estimate of drug-likeness (QED) is 0.0514. The number of halogens is 2. The van der Waals surface area contributed by atoms with Crippen molar-refractivity contribution in [1.82, 2.24) is 9.79 Å². The van der Waals surface area contributed by atoms with Crippen molar-refractivity contribution in [1.29, 1.82) is 0 Å². The third-order valence-corrected chi connectivity index (χ3v) is 12.6. The van der Waals surface area contributed by atoms with Crippen molar-refractivity contribution in [3.8, 4) is 17.2 Å². The highest BCUT2D eigenvalue weighted by atomic mass is 19.2. The minimum atomic E-state index is -4.10. The Labute approximate surface area is 374 Å². The molecule has 2 aliphatic rings. The molecule has 0 unspecified atom stereocenters. The van der Waals surface area contributed by atoms with Crippen molar-refractivity contribution in [2.45, 2.75) is 72.5 Å². The molecular formula is C51H58BF2N3O7. The summed E-state index contributed by atoms with van der Waals surface area (Å²) in [7, 11) is 3.22. The highest BCUT2D eigenvalue weighted by molar-refractivity contribution is 6.58. The van der Waals surface area contributed by atoms with Gasteiger partial charge in [-0.05, 0) is 109 Å². The molecule has 336 valence electrons. The molecule has 4 aromatic carbocycles. The van der Waals surface area contributed by atoms with Crippen LogP contribution in [0.2, 0.25) is 0 Å². The molecule has 1 aromatic heterocycles. The molecule has 0 spiro atoms. The number of aliphatic hydroxyl groups excluding tert-OH is 1. The van der Waals surface area contributed by atoms with Gasteiger partial charge in [0.2, 0.25) is 0 Å². The number of allylic oxidation sites excluding steroid dienone is 2. The summed E-state index contributed by atoms with van der Waals surface area (Å²) >= 11 is 0. The average Bonchev–Trinajstić information content (AvgIpc) is 3.73. The lowest BCUT2D eigenvalue weighted by Gasteiger charge is -2.36. The van der Waals surface area contributed by atoms with Gasteiger partial charge in [-0.25, -0.2) is 4.79 Å². The van der Waals surface area contributed by atoms with E-state index in [4.69, 9.17) is 23.7 Å². The second kappa shape index (κ2) is 19.3. The molecule has 2 N–H and O–H groups in total. The SMILES string of the molecule is CCC1=C(C)C2=C(c3ccc(OCCCOC(=O)NC[C@H](O)COC(c4ccccc4)(c4ccc(OC)cc4)c4ccc(OC)cc4)cc3)c3c(C)c(CC)c(C)n3[B-](F)(F)[N+]2=C1C. The van der Waals surface area contributed by atoms with E-state index in [0.717, 1.165) is 50.1 Å². The zero-order valence-electron chi connectivity index (χ0n) is 38.0. The predicted molar refractivity (Wildman–Crippen MR) is 247 cm³/mol. The number of carbonyl (C=O) groups excluding carboxylic acids is 1. The lowest BCUT2D eigenvalue weighted by Crippen LogP contribution is -2.51. The summed E-state index contributed by atoms with van der Waals surface area (Å²) < 4.78 is 64.8. The molecular weight excluding hydrogens is 815 g/mol. The fourth-order valence-corrected chi connectivity index (χ4v) is 9.49. The number of hydrogen-bond donors (Lipinski definition) is 2. The Balaban J connectivity index is 0.962. The fourth-order valence-electron chi connectivity index (χ4n) is 9.49. The lowest BCUT2D eigenvalue weighted by atomic mass is 9.80. The van der Waals surface area contributed by atoms with E-state index in [9.17, 15) is 9.90 Å². The molecule has 0 saturated heterocycles. The molecule has 13 heteroatoms. The number of amides is 1. The number of aromatic nitrogens is 1. The Morgan fingerprint density at radius 3 is 1.94 bits per heavy atom. The van der Waals surface area contributed by atoms with Crippen LogP contribution in [0.25, 0.3) is 5.57 Å². The summed E-state index contributed by atoms with van der Waals surface area (Å²) in [6.45, 7) is 7.55. The van der Waals surface area contributed by atoms with E-state index in [1.54, 1.807) is 28.1 Å². The van der Waals surface area contributed by atoms with Crippen molar-refractivity contribution in [3.63, 3.8) is 0 Å². The largest absolute Gasteiger partial charge is 0.737 e. The molecule has 10 nitrogen and oxygen atoms in total. The second-order valence-corrected chi connectivity index (χ2v) is 16.2. The molecule has 3 heterocycles. The van der Waals surface area contributed by atoms with Crippen LogP contribution in [0.1, 0.15) is 85.3 Å². The minimum absolute atomic E-state index is 0.0845. The molecule has 7 rings (SSSR count). The first-order valence-corrected chi connectivity index (χ1v) is 21.9. The second-order valence-electron chi connectivity index (χ2n) is 16.2. The van der Waals surface area contributed by atoms with Crippen LogP contribution in [0, 0.1) is 13.8 Å². The molecule has 0 fully saturated rings. The molecule has 0 bridgehead atoms. The number of methoxy groups -OCH3 is 2. The first kappa shape index (κ1) is 45.8. The van der Waals surface area contributed by atoms with Gasteiger partial charge in [-0.15, -0.1) is 0 Å². The van der Waals surface area contributed by atoms with Crippen LogP contribution in [-0.4, -0.2) is 79.5 Å². The number of rotatable bonds is 18. The number of hydrogen-bond acceptors (Lipinski definition) is 7. The summed E-state index contributed by atoms with van der Waals surface area (Å²) in [4.78, 5) is 12.7. The van der Waals surface area contributed by atoms with Gasteiger partial charge in [-0.1, -0.05) is 80.6 Å². The number of aliphatic hydroxyl groups is 1. The predicted octanol–water partition coefficient (Wildman–Crippen LogP) is 9.76. The lowest BCUT2D eigenvalue weighted by molar-refractivity contribution is -0.363. The summed E-state index contributed by atoms with van der Waals surface area (Å²) in [6.07, 6.45) is -0.0155. The molecule has 2 aliphatic heterocycles. The van der Waals surface area contributed by atoms with Crippen LogP contribution < -0.4 is 19.5 Å². The number of fused-ring (bicyclic) bond motifs is 2. The van der Waals surface area contributed by atoms with E-state index in [1.165, 1.54) is 8.96 Å². The van der Waals surface area contributed by atoms with Gasteiger partial charge in [0.1, 0.15) is 28.6 Å². The highest BCUT2D eigenvalue weighted by Crippen LogP contribution is 2.47. The maximum atomic E-state index is 16.6.